The lowest BCUT2D eigenvalue weighted by molar-refractivity contribution is -0.142. The Morgan fingerprint density at radius 3 is 2.67 bits per heavy atom. The predicted molar refractivity (Wildman–Crippen MR) is 78.8 cm³/mol. The van der Waals surface area contributed by atoms with Crippen molar-refractivity contribution in [1.82, 2.24) is 5.32 Å². The van der Waals surface area contributed by atoms with Crippen LogP contribution in [0.3, 0.4) is 0 Å². The molecule has 0 heterocycles. The Morgan fingerprint density at radius 1 is 1.33 bits per heavy atom. The fraction of sp³-hybridized carbons (Fsp3) is 0.357. The number of carboxylic acid groups (broad SMARTS) is 1. The Bertz CT molecular complexity index is 511. The summed E-state index contributed by atoms with van der Waals surface area (Å²) in [5, 5.41) is 19.7. The van der Waals surface area contributed by atoms with Gasteiger partial charge in [-0.05, 0) is 17.7 Å². The van der Waals surface area contributed by atoms with E-state index in [9.17, 15) is 9.59 Å². The van der Waals surface area contributed by atoms with Gasteiger partial charge in [0.1, 0.15) is 6.61 Å². The van der Waals surface area contributed by atoms with Crippen LogP contribution in [0.4, 0.5) is 0 Å². The third-order valence-electron chi connectivity index (χ3n) is 2.38. The molecule has 6 nitrogen and oxygen atoms in total. The molecule has 1 aromatic rings. The molecule has 1 amide bonds. The molecule has 21 heavy (non-hydrogen) atoms. The van der Waals surface area contributed by atoms with E-state index in [1.807, 2.05) is 18.2 Å². The lowest BCUT2D eigenvalue weighted by atomic mass is 10.2. The third-order valence-corrected chi connectivity index (χ3v) is 3.38. The van der Waals surface area contributed by atoms with E-state index >= 15 is 0 Å². The van der Waals surface area contributed by atoms with Gasteiger partial charge in [-0.2, -0.15) is 5.26 Å². The minimum atomic E-state index is -1.03. The minimum Gasteiger partial charge on any atom is -0.480 e. The minimum absolute atomic E-state index is 0.118. The molecule has 0 unspecified atom stereocenters. The number of rotatable bonds is 9. The Balaban J connectivity index is 2.10. The fourth-order valence-corrected chi connectivity index (χ4v) is 2.23. The largest absolute Gasteiger partial charge is 0.480 e. The first-order valence-electron chi connectivity index (χ1n) is 6.25. The number of nitrogens with one attached hydrogen (secondary N) is 1. The number of thioether (sulfide) groups is 1. The molecule has 1 aromatic carbocycles. The van der Waals surface area contributed by atoms with E-state index in [0.717, 1.165) is 5.56 Å². The molecule has 0 atom stereocenters. The van der Waals surface area contributed by atoms with Crippen molar-refractivity contribution in [3.05, 3.63) is 35.4 Å². The average Bonchev–Trinajstić information content (AvgIpc) is 2.47. The molecule has 0 saturated heterocycles. The maximum Gasteiger partial charge on any atom is 0.329 e. The van der Waals surface area contributed by atoms with Gasteiger partial charge in [-0.15, -0.1) is 11.8 Å². The zero-order chi connectivity index (χ0) is 15.5. The summed E-state index contributed by atoms with van der Waals surface area (Å²) in [7, 11) is 0. The fourth-order valence-electron chi connectivity index (χ4n) is 1.41. The van der Waals surface area contributed by atoms with Crippen LogP contribution in [0.5, 0.6) is 0 Å². The van der Waals surface area contributed by atoms with Crippen molar-refractivity contribution in [2.45, 2.75) is 5.75 Å². The number of carbonyl (C=O) groups excluding carboxylic acids is 1. The topological polar surface area (TPSA) is 99.4 Å². The number of hydrogen-bond donors (Lipinski definition) is 2. The molecule has 7 heteroatoms. The van der Waals surface area contributed by atoms with Crippen LogP contribution in [0.15, 0.2) is 24.3 Å². The second kappa shape index (κ2) is 9.80. The van der Waals surface area contributed by atoms with Gasteiger partial charge in [-0.25, -0.2) is 4.79 Å². The van der Waals surface area contributed by atoms with Crippen molar-refractivity contribution in [2.24, 2.45) is 0 Å². The normalized spacial score (nSPS) is 9.86. The van der Waals surface area contributed by atoms with Crippen LogP contribution >= 0.6 is 11.8 Å². The molecule has 0 aromatic heterocycles. The Kier molecular flexibility index (Phi) is 7.94. The van der Waals surface area contributed by atoms with Gasteiger partial charge >= 0.3 is 5.97 Å². The number of carbonyl (C=O) groups is 2. The van der Waals surface area contributed by atoms with E-state index in [4.69, 9.17) is 15.1 Å². The highest BCUT2D eigenvalue weighted by Crippen LogP contribution is 2.12. The first-order chi connectivity index (χ1) is 10.1. The molecular formula is C14H16N2O4S. The number of carboxylic acids is 1. The van der Waals surface area contributed by atoms with E-state index in [1.165, 1.54) is 11.8 Å². The quantitative estimate of drug-likeness (QED) is 0.660. The highest BCUT2D eigenvalue weighted by atomic mass is 32.2. The van der Waals surface area contributed by atoms with Crippen LogP contribution in [-0.4, -0.2) is 42.5 Å². The lowest BCUT2D eigenvalue weighted by Gasteiger charge is -2.05. The van der Waals surface area contributed by atoms with Crippen LogP contribution in [0.25, 0.3) is 0 Å². The monoisotopic (exact) mass is 308 g/mol. The smallest absolute Gasteiger partial charge is 0.329 e. The van der Waals surface area contributed by atoms with Gasteiger partial charge in [0.25, 0.3) is 0 Å². The van der Waals surface area contributed by atoms with Gasteiger partial charge in [-0.1, -0.05) is 12.1 Å². The number of ether oxygens (including phenoxy) is 1. The molecule has 0 radical (unpaired) electrons. The summed E-state index contributed by atoms with van der Waals surface area (Å²) in [6.45, 7) is 0.116. The second-order valence-electron chi connectivity index (χ2n) is 4.10. The van der Waals surface area contributed by atoms with Gasteiger partial charge in [-0.3, -0.25) is 4.79 Å². The summed E-state index contributed by atoms with van der Waals surface area (Å²) in [6.07, 6.45) is 0. The molecule has 1 rings (SSSR count). The molecule has 0 aliphatic rings. The summed E-state index contributed by atoms with van der Waals surface area (Å²) >= 11 is 1.47. The van der Waals surface area contributed by atoms with Gasteiger partial charge in [0.05, 0.1) is 24.0 Å². The van der Waals surface area contributed by atoms with E-state index < -0.39 is 5.97 Å². The van der Waals surface area contributed by atoms with Crippen molar-refractivity contribution < 1.29 is 19.4 Å². The van der Waals surface area contributed by atoms with Crippen molar-refractivity contribution >= 4 is 23.6 Å². The maximum atomic E-state index is 11.5. The van der Waals surface area contributed by atoms with Crippen LogP contribution < -0.4 is 5.32 Å². The molecular weight excluding hydrogens is 292 g/mol. The Labute approximate surface area is 127 Å². The van der Waals surface area contributed by atoms with Gasteiger partial charge in [0.2, 0.25) is 5.91 Å². The summed E-state index contributed by atoms with van der Waals surface area (Å²) in [5.41, 5.74) is 1.67. The maximum absolute atomic E-state index is 11.5. The first-order valence-corrected chi connectivity index (χ1v) is 7.40. The summed E-state index contributed by atoms with van der Waals surface area (Å²) in [4.78, 5) is 21.7. The van der Waals surface area contributed by atoms with Gasteiger partial charge in [0.15, 0.2) is 0 Å². The third kappa shape index (κ3) is 7.97. The van der Waals surface area contributed by atoms with E-state index in [0.29, 0.717) is 23.6 Å². The molecule has 0 fully saturated rings. The molecule has 0 saturated carbocycles. The summed E-state index contributed by atoms with van der Waals surface area (Å²) in [5.74, 6) is -0.139. The standard InChI is InChI=1S/C14H16N2O4S/c15-7-11-1-3-12(4-2-11)9-21-10-13(17)16-5-6-20-8-14(18)19/h1-4H,5-6,8-10H2,(H,16,17)(H,18,19). The molecule has 0 spiro atoms. The second-order valence-corrected chi connectivity index (χ2v) is 5.08. The zero-order valence-corrected chi connectivity index (χ0v) is 12.2. The van der Waals surface area contributed by atoms with E-state index in [-0.39, 0.29) is 19.1 Å². The molecule has 2 N–H and O–H groups in total. The van der Waals surface area contributed by atoms with Crippen LogP contribution in [0.1, 0.15) is 11.1 Å². The number of benzene rings is 1. The van der Waals surface area contributed by atoms with E-state index in [1.54, 1.807) is 12.1 Å². The van der Waals surface area contributed by atoms with Gasteiger partial charge < -0.3 is 15.2 Å². The molecule has 112 valence electrons. The molecule has 0 aliphatic carbocycles. The summed E-state index contributed by atoms with van der Waals surface area (Å²) in [6, 6.07) is 9.27. The Hall–Kier alpha value is -2.04. The number of aliphatic carboxylic acids is 1. The predicted octanol–water partition coefficient (Wildman–Crippen LogP) is 1.01. The Morgan fingerprint density at radius 2 is 2.05 bits per heavy atom. The van der Waals surface area contributed by atoms with Crippen molar-refractivity contribution in [1.29, 1.82) is 5.26 Å². The first kappa shape index (κ1) is 17.0. The van der Waals surface area contributed by atoms with E-state index in [2.05, 4.69) is 5.32 Å². The number of nitrogens with zero attached hydrogens (tertiary/aromatic N) is 1. The number of amides is 1. The van der Waals surface area contributed by atoms with Gasteiger partial charge in [0, 0.05) is 12.3 Å². The number of nitriles is 1. The van der Waals surface area contributed by atoms with Crippen LogP contribution in [0.2, 0.25) is 0 Å². The summed E-state index contributed by atoms with van der Waals surface area (Å²) < 4.78 is 4.79. The molecule has 0 bridgehead atoms. The molecule has 0 aliphatic heterocycles. The lowest BCUT2D eigenvalue weighted by Crippen LogP contribution is -2.29. The van der Waals surface area contributed by atoms with Crippen molar-refractivity contribution in [2.75, 3.05) is 25.5 Å². The SMILES string of the molecule is N#Cc1ccc(CSCC(=O)NCCOCC(=O)O)cc1. The van der Waals surface area contributed by atoms with Crippen LogP contribution in [0, 0.1) is 11.3 Å². The van der Waals surface area contributed by atoms with Crippen molar-refractivity contribution in [3.63, 3.8) is 0 Å². The highest BCUT2D eigenvalue weighted by Gasteiger charge is 2.02. The zero-order valence-electron chi connectivity index (χ0n) is 11.4. The van der Waals surface area contributed by atoms with Crippen LogP contribution in [-0.2, 0) is 20.1 Å². The highest BCUT2D eigenvalue weighted by molar-refractivity contribution is 7.99. The van der Waals surface area contributed by atoms with Crippen molar-refractivity contribution in [3.8, 4) is 6.07 Å². The average molecular weight is 308 g/mol. The number of hydrogen-bond acceptors (Lipinski definition) is 5.